The first-order chi connectivity index (χ1) is 26.9. The SMILES string of the molecule is CCCCCCCCOC[C@H]1O[C@@](COCCCCCCCC)(O[C@H]2O[C@H](CO)[C@@H](O)[C@H](O)[C@H]2O)[C@@H](OCCCCCCCC)[C@@H]1OCCCCCCCC. The minimum atomic E-state index is -1.61. The van der Waals surface area contributed by atoms with Crippen molar-refractivity contribution in [2.75, 3.05) is 46.2 Å². The highest BCUT2D eigenvalue weighted by atomic mass is 16.8. The van der Waals surface area contributed by atoms with Crippen LogP contribution < -0.4 is 0 Å². The lowest BCUT2D eigenvalue weighted by Crippen LogP contribution is -2.63. The van der Waals surface area contributed by atoms with Crippen LogP contribution >= 0.6 is 0 Å². The quantitative estimate of drug-likeness (QED) is 0.0453. The maximum atomic E-state index is 11.1. The minimum absolute atomic E-state index is 0.0248. The molecule has 4 N–H and O–H groups in total. The van der Waals surface area contributed by atoms with E-state index in [0.29, 0.717) is 26.4 Å². The second-order valence-electron chi connectivity index (χ2n) is 16.1. The van der Waals surface area contributed by atoms with Crippen molar-refractivity contribution in [2.24, 2.45) is 0 Å². The van der Waals surface area contributed by atoms with Crippen LogP contribution in [0.2, 0.25) is 0 Å². The molecular formula is C44H86O11. The maximum absolute atomic E-state index is 11.1. The molecule has 0 bridgehead atoms. The van der Waals surface area contributed by atoms with Gasteiger partial charge in [0, 0.05) is 26.4 Å². The number of unbranched alkanes of at least 4 members (excludes halogenated alkanes) is 20. The van der Waals surface area contributed by atoms with Crippen molar-refractivity contribution in [1.29, 1.82) is 0 Å². The van der Waals surface area contributed by atoms with Gasteiger partial charge in [-0.2, -0.15) is 0 Å². The molecule has 2 fully saturated rings. The molecule has 9 atom stereocenters. The van der Waals surface area contributed by atoms with Gasteiger partial charge in [0.25, 0.3) is 0 Å². The van der Waals surface area contributed by atoms with Crippen LogP contribution in [0.3, 0.4) is 0 Å². The van der Waals surface area contributed by atoms with E-state index in [9.17, 15) is 20.4 Å². The third-order valence-electron chi connectivity index (χ3n) is 11.1. The average Bonchev–Trinajstić information content (AvgIpc) is 3.47. The van der Waals surface area contributed by atoms with Crippen molar-refractivity contribution in [3.63, 3.8) is 0 Å². The van der Waals surface area contributed by atoms with Crippen LogP contribution in [0, 0.1) is 0 Å². The Labute approximate surface area is 335 Å². The molecule has 55 heavy (non-hydrogen) atoms. The van der Waals surface area contributed by atoms with Crippen molar-refractivity contribution in [3.8, 4) is 0 Å². The summed E-state index contributed by atoms with van der Waals surface area (Å²) in [6, 6.07) is 0. The molecule has 0 aromatic carbocycles. The number of aliphatic hydroxyl groups is 4. The second-order valence-corrected chi connectivity index (χ2v) is 16.1. The third-order valence-corrected chi connectivity index (χ3v) is 11.1. The Morgan fingerprint density at radius 3 is 1.45 bits per heavy atom. The summed E-state index contributed by atoms with van der Waals surface area (Å²) in [7, 11) is 0. The van der Waals surface area contributed by atoms with Gasteiger partial charge in [0.15, 0.2) is 6.29 Å². The monoisotopic (exact) mass is 791 g/mol. The lowest BCUT2D eigenvalue weighted by Gasteiger charge is -2.44. The van der Waals surface area contributed by atoms with Crippen LogP contribution in [-0.4, -0.2) is 121 Å². The Kier molecular flexibility index (Phi) is 29.9. The molecule has 328 valence electrons. The van der Waals surface area contributed by atoms with E-state index in [-0.39, 0.29) is 13.2 Å². The first-order valence-corrected chi connectivity index (χ1v) is 22.9. The van der Waals surface area contributed by atoms with E-state index in [0.717, 1.165) is 70.6 Å². The van der Waals surface area contributed by atoms with Gasteiger partial charge in [0.05, 0.1) is 13.2 Å². The van der Waals surface area contributed by atoms with Gasteiger partial charge in [-0.05, 0) is 25.7 Å². The molecule has 0 aromatic rings. The predicted octanol–water partition coefficient (Wildman–Crippen LogP) is 8.14. The van der Waals surface area contributed by atoms with E-state index in [4.69, 9.17) is 33.2 Å². The molecule has 2 aliphatic rings. The number of rotatable bonds is 37. The van der Waals surface area contributed by atoms with Crippen molar-refractivity contribution >= 4 is 0 Å². The molecule has 2 heterocycles. The first-order valence-electron chi connectivity index (χ1n) is 22.9. The first kappa shape index (κ1) is 50.7. The van der Waals surface area contributed by atoms with Crippen molar-refractivity contribution in [2.45, 2.75) is 237 Å². The van der Waals surface area contributed by atoms with E-state index in [1.165, 1.54) is 83.5 Å². The maximum Gasteiger partial charge on any atom is 0.224 e. The van der Waals surface area contributed by atoms with Crippen LogP contribution in [0.1, 0.15) is 182 Å². The Morgan fingerprint density at radius 1 is 0.491 bits per heavy atom. The molecule has 0 aromatic heterocycles. The zero-order valence-corrected chi connectivity index (χ0v) is 35.7. The molecule has 2 rings (SSSR count). The van der Waals surface area contributed by atoms with Gasteiger partial charge in [-0.15, -0.1) is 0 Å². The summed E-state index contributed by atoms with van der Waals surface area (Å²) in [5, 5.41) is 42.4. The normalized spacial score (nSPS) is 28.4. The highest BCUT2D eigenvalue weighted by Gasteiger charge is 2.61. The third kappa shape index (κ3) is 19.9. The van der Waals surface area contributed by atoms with Gasteiger partial charge in [-0.25, -0.2) is 0 Å². The molecule has 11 nitrogen and oxygen atoms in total. The Hall–Kier alpha value is -0.440. The van der Waals surface area contributed by atoms with E-state index >= 15 is 0 Å². The zero-order chi connectivity index (χ0) is 40.0. The van der Waals surface area contributed by atoms with Crippen LogP contribution in [-0.2, 0) is 33.2 Å². The Balaban J connectivity index is 2.35. The smallest absolute Gasteiger partial charge is 0.224 e. The van der Waals surface area contributed by atoms with Gasteiger partial charge < -0.3 is 53.6 Å². The minimum Gasteiger partial charge on any atom is -0.394 e. The molecule has 0 radical (unpaired) electrons. The van der Waals surface area contributed by atoms with E-state index in [2.05, 4.69) is 27.7 Å². The fraction of sp³-hybridized carbons (Fsp3) is 1.00. The highest BCUT2D eigenvalue weighted by molar-refractivity contribution is 5.01. The molecule has 2 saturated heterocycles. The summed E-state index contributed by atoms with van der Waals surface area (Å²) in [4.78, 5) is 0. The second kappa shape index (κ2) is 32.4. The van der Waals surface area contributed by atoms with Crippen molar-refractivity contribution in [1.82, 2.24) is 0 Å². The lowest BCUT2D eigenvalue weighted by molar-refractivity contribution is -0.388. The molecule has 11 heteroatoms. The molecule has 0 spiro atoms. The topological polar surface area (TPSA) is 146 Å². The largest absolute Gasteiger partial charge is 0.394 e. The molecule has 0 amide bonds. The van der Waals surface area contributed by atoms with E-state index in [1.54, 1.807) is 0 Å². The molecule has 2 aliphatic heterocycles. The molecule has 0 saturated carbocycles. The summed E-state index contributed by atoms with van der Waals surface area (Å²) in [6.07, 6.45) is 18.0. The summed E-state index contributed by atoms with van der Waals surface area (Å²) in [5.41, 5.74) is 0. The fourth-order valence-electron chi connectivity index (χ4n) is 7.56. The molecule has 0 aliphatic carbocycles. The molecular weight excluding hydrogens is 704 g/mol. The van der Waals surface area contributed by atoms with Gasteiger partial charge in [-0.1, -0.05) is 156 Å². The standard InChI is InChI=1S/C44H86O11/c1-5-9-13-17-21-25-29-49-34-37-41(51-31-27-23-19-15-11-7-3)42(52-32-28-24-20-16-12-8-4)44(54-37,35-50-30-26-22-18-14-10-6-2)55-43-40(48)39(47)38(46)36(33-45)53-43/h36-43,45-48H,5-35H2,1-4H3/t36-,37-,38-,39+,40-,41-,42+,43-,44+/m1/s1. The Morgan fingerprint density at radius 2 is 0.945 bits per heavy atom. The highest BCUT2D eigenvalue weighted by Crippen LogP contribution is 2.40. The number of hydrogen-bond acceptors (Lipinski definition) is 11. The van der Waals surface area contributed by atoms with Crippen LogP contribution in [0.25, 0.3) is 0 Å². The summed E-state index contributed by atoms with van der Waals surface area (Å²) >= 11 is 0. The molecule has 0 unspecified atom stereocenters. The number of aliphatic hydroxyl groups excluding tert-OH is 4. The number of hydrogen-bond donors (Lipinski definition) is 4. The van der Waals surface area contributed by atoms with Crippen LogP contribution in [0.15, 0.2) is 0 Å². The summed E-state index contributed by atoms with van der Waals surface area (Å²) < 4.78 is 45.5. The van der Waals surface area contributed by atoms with Crippen molar-refractivity contribution < 1.29 is 53.6 Å². The number of ether oxygens (including phenoxy) is 7. The predicted molar refractivity (Wildman–Crippen MR) is 217 cm³/mol. The summed E-state index contributed by atoms with van der Waals surface area (Å²) in [6.45, 7) is 10.6. The average molecular weight is 791 g/mol. The van der Waals surface area contributed by atoms with Crippen LogP contribution in [0.5, 0.6) is 0 Å². The van der Waals surface area contributed by atoms with Crippen LogP contribution in [0.4, 0.5) is 0 Å². The van der Waals surface area contributed by atoms with E-state index in [1.807, 2.05) is 0 Å². The van der Waals surface area contributed by atoms with Gasteiger partial charge in [0.1, 0.15) is 49.3 Å². The zero-order valence-electron chi connectivity index (χ0n) is 35.7. The van der Waals surface area contributed by atoms with E-state index < -0.39 is 61.4 Å². The van der Waals surface area contributed by atoms with Crippen molar-refractivity contribution in [3.05, 3.63) is 0 Å². The fourth-order valence-corrected chi connectivity index (χ4v) is 7.56. The van der Waals surface area contributed by atoms with Gasteiger partial charge in [0.2, 0.25) is 5.79 Å². The van der Waals surface area contributed by atoms with Gasteiger partial charge >= 0.3 is 0 Å². The Bertz CT molecular complexity index is 866. The lowest BCUT2D eigenvalue weighted by atomic mass is 9.99. The van der Waals surface area contributed by atoms with Gasteiger partial charge in [-0.3, -0.25) is 0 Å². The summed E-state index contributed by atoms with van der Waals surface area (Å²) in [5.74, 6) is -1.59.